The third kappa shape index (κ3) is 5.61. The van der Waals surface area contributed by atoms with Gasteiger partial charge in [-0.3, -0.25) is 9.59 Å². The number of benzene rings is 1. The van der Waals surface area contributed by atoms with Crippen molar-refractivity contribution in [3.05, 3.63) is 27.7 Å². The third-order valence-corrected chi connectivity index (χ3v) is 5.37. The Morgan fingerprint density at radius 1 is 1.36 bits per heavy atom. The van der Waals surface area contributed by atoms with Crippen molar-refractivity contribution in [3.8, 4) is 5.75 Å². The summed E-state index contributed by atoms with van der Waals surface area (Å²) >= 11 is 9.27. The van der Waals surface area contributed by atoms with Gasteiger partial charge in [0.1, 0.15) is 5.75 Å². The van der Waals surface area contributed by atoms with Gasteiger partial charge < -0.3 is 14.8 Å². The molecule has 1 fully saturated rings. The second-order valence-corrected chi connectivity index (χ2v) is 7.54. The number of ether oxygens (including phenoxy) is 2. The van der Waals surface area contributed by atoms with E-state index in [1.807, 2.05) is 0 Å². The van der Waals surface area contributed by atoms with Crippen LogP contribution in [0.1, 0.15) is 32.6 Å². The fraction of sp³-hybridized carbons (Fsp3) is 0.556. The molecular weight excluding hydrogens is 410 g/mol. The zero-order valence-electron chi connectivity index (χ0n) is 14.4. The molecule has 3 atom stereocenters. The van der Waals surface area contributed by atoms with Gasteiger partial charge in [0.05, 0.1) is 17.5 Å². The summed E-state index contributed by atoms with van der Waals surface area (Å²) in [4.78, 5) is 24.2. The van der Waals surface area contributed by atoms with E-state index in [4.69, 9.17) is 21.1 Å². The van der Waals surface area contributed by atoms with Gasteiger partial charge in [0.15, 0.2) is 6.10 Å². The van der Waals surface area contributed by atoms with Crippen molar-refractivity contribution in [2.75, 3.05) is 13.7 Å². The molecule has 0 radical (unpaired) electrons. The minimum atomic E-state index is -0.655. The van der Waals surface area contributed by atoms with E-state index >= 15 is 0 Å². The van der Waals surface area contributed by atoms with Gasteiger partial charge in [-0.1, -0.05) is 24.4 Å². The van der Waals surface area contributed by atoms with Crippen LogP contribution in [-0.2, 0) is 14.3 Å². The Labute approximate surface area is 161 Å². The lowest BCUT2D eigenvalue weighted by Crippen LogP contribution is -2.42. The average molecular weight is 433 g/mol. The first-order valence-corrected chi connectivity index (χ1v) is 9.56. The minimum absolute atomic E-state index is 0.111. The molecule has 0 bridgehead atoms. The molecular formula is C18H23BrClNO4. The first kappa shape index (κ1) is 20.0. The van der Waals surface area contributed by atoms with Crippen LogP contribution in [0.3, 0.4) is 0 Å². The Bertz CT molecular complexity index is 625. The predicted molar refractivity (Wildman–Crippen MR) is 99.7 cm³/mol. The molecule has 3 unspecified atom stereocenters. The highest BCUT2D eigenvalue weighted by molar-refractivity contribution is 9.10. The highest BCUT2D eigenvalue weighted by Crippen LogP contribution is 2.31. The third-order valence-electron chi connectivity index (χ3n) is 4.52. The smallest absolute Gasteiger partial charge is 0.309 e. The standard InChI is InChI=1S/C18H23BrClNO4/c1-11(25-16-8-7-13(20)9-15(16)19)17(22)21-10-12-5-3-4-6-14(12)18(23)24-2/h7-9,11-12,14H,3-6,10H2,1-2H3,(H,21,22). The van der Waals surface area contributed by atoms with Gasteiger partial charge in [0.25, 0.3) is 5.91 Å². The maximum atomic E-state index is 12.3. The predicted octanol–water partition coefficient (Wildman–Crippen LogP) is 3.97. The molecule has 138 valence electrons. The van der Waals surface area contributed by atoms with Crippen LogP contribution < -0.4 is 10.1 Å². The Balaban J connectivity index is 1.88. The molecule has 0 aromatic heterocycles. The summed E-state index contributed by atoms with van der Waals surface area (Å²) in [5.74, 6) is 0.127. The molecule has 5 nitrogen and oxygen atoms in total. The van der Waals surface area contributed by atoms with Crippen LogP contribution in [0.2, 0.25) is 5.02 Å². The molecule has 1 aliphatic carbocycles. The molecule has 7 heteroatoms. The highest BCUT2D eigenvalue weighted by atomic mass is 79.9. The number of esters is 1. The minimum Gasteiger partial charge on any atom is -0.480 e. The number of carbonyl (C=O) groups is 2. The van der Waals surface area contributed by atoms with E-state index in [0.717, 1.165) is 25.7 Å². The van der Waals surface area contributed by atoms with Gasteiger partial charge in [-0.05, 0) is 59.8 Å². The summed E-state index contributed by atoms with van der Waals surface area (Å²) < 4.78 is 11.3. The first-order valence-electron chi connectivity index (χ1n) is 8.39. The van der Waals surface area contributed by atoms with Gasteiger partial charge in [0, 0.05) is 11.6 Å². The van der Waals surface area contributed by atoms with E-state index in [0.29, 0.717) is 21.8 Å². The van der Waals surface area contributed by atoms with Crippen molar-refractivity contribution in [1.29, 1.82) is 0 Å². The van der Waals surface area contributed by atoms with Gasteiger partial charge in [0.2, 0.25) is 0 Å². The van der Waals surface area contributed by atoms with Crippen LogP contribution in [0, 0.1) is 11.8 Å². The fourth-order valence-corrected chi connectivity index (χ4v) is 3.88. The fourth-order valence-electron chi connectivity index (χ4n) is 3.10. The molecule has 25 heavy (non-hydrogen) atoms. The summed E-state index contributed by atoms with van der Waals surface area (Å²) in [6.45, 7) is 2.14. The topological polar surface area (TPSA) is 64.6 Å². The molecule has 1 aromatic carbocycles. The summed E-state index contributed by atoms with van der Waals surface area (Å²) in [5, 5.41) is 3.48. The number of amides is 1. The number of hydrogen-bond donors (Lipinski definition) is 1. The molecule has 1 aromatic rings. The molecule has 2 rings (SSSR count). The Hall–Kier alpha value is -1.27. The SMILES string of the molecule is COC(=O)C1CCCCC1CNC(=O)C(C)Oc1ccc(Cl)cc1Br. The average Bonchev–Trinajstić information content (AvgIpc) is 2.61. The van der Waals surface area contributed by atoms with Crippen molar-refractivity contribution >= 4 is 39.4 Å². The Morgan fingerprint density at radius 3 is 2.76 bits per heavy atom. The second kappa shape index (κ2) is 9.43. The molecule has 1 N–H and O–H groups in total. The van der Waals surface area contributed by atoms with Crippen LogP contribution in [-0.4, -0.2) is 31.6 Å². The summed E-state index contributed by atoms with van der Waals surface area (Å²) in [7, 11) is 1.41. The van der Waals surface area contributed by atoms with E-state index in [1.165, 1.54) is 7.11 Å². The number of rotatable bonds is 6. The Morgan fingerprint density at radius 2 is 2.08 bits per heavy atom. The molecule has 0 aliphatic heterocycles. The molecule has 1 amide bonds. The Kier molecular flexibility index (Phi) is 7.56. The van der Waals surface area contributed by atoms with Crippen molar-refractivity contribution < 1.29 is 19.1 Å². The van der Waals surface area contributed by atoms with Gasteiger partial charge >= 0.3 is 5.97 Å². The van der Waals surface area contributed by atoms with E-state index in [-0.39, 0.29) is 23.7 Å². The van der Waals surface area contributed by atoms with Gasteiger partial charge in [-0.15, -0.1) is 0 Å². The summed E-state index contributed by atoms with van der Waals surface area (Å²) in [5.41, 5.74) is 0. The van der Waals surface area contributed by atoms with E-state index in [9.17, 15) is 9.59 Å². The van der Waals surface area contributed by atoms with Gasteiger partial charge in [-0.2, -0.15) is 0 Å². The van der Waals surface area contributed by atoms with E-state index in [1.54, 1.807) is 25.1 Å². The molecule has 0 saturated heterocycles. The number of hydrogen-bond acceptors (Lipinski definition) is 4. The normalized spacial score (nSPS) is 21.3. The zero-order chi connectivity index (χ0) is 18.4. The lowest BCUT2D eigenvalue weighted by molar-refractivity contribution is -0.149. The summed E-state index contributed by atoms with van der Waals surface area (Å²) in [6.07, 6.45) is 3.17. The quantitative estimate of drug-likeness (QED) is 0.691. The zero-order valence-corrected chi connectivity index (χ0v) is 16.7. The van der Waals surface area contributed by atoms with Crippen molar-refractivity contribution in [1.82, 2.24) is 5.32 Å². The molecule has 0 heterocycles. The molecule has 0 spiro atoms. The maximum Gasteiger partial charge on any atom is 0.309 e. The lowest BCUT2D eigenvalue weighted by Gasteiger charge is -2.30. The number of carbonyl (C=O) groups excluding carboxylic acids is 2. The summed E-state index contributed by atoms with van der Waals surface area (Å²) in [6, 6.07) is 5.13. The van der Waals surface area contributed by atoms with Crippen LogP contribution in [0.5, 0.6) is 5.75 Å². The van der Waals surface area contributed by atoms with Crippen molar-refractivity contribution in [2.45, 2.75) is 38.7 Å². The first-order chi connectivity index (χ1) is 11.9. The highest BCUT2D eigenvalue weighted by Gasteiger charge is 2.32. The van der Waals surface area contributed by atoms with Crippen LogP contribution >= 0.6 is 27.5 Å². The largest absolute Gasteiger partial charge is 0.480 e. The lowest BCUT2D eigenvalue weighted by atomic mass is 9.79. The molecule has 1 saturated carbocycles. The van der Waals surface area contributed by atoms with Gasteiger partial charge in [-0.25, -0.2) is 0 Å². The van der Waals surface area contributed by atoms with E-state index < -0.39 is 6.10 Å². The maximum absolute atomic E-state index is 12.3. The van der Waals surface area contributed by atoms with Crippen LogP contribution in [0.25, 0.3) is 0 Å². The molecule has 1 aliphatic rings. The number of methoxy groups -OCH3 is 1. The number of halogens is 2. The monoisotopic (exact) mass is 431 g/mol. The van der Waals surface area contributed by atoms with E-state index in [2.05, 4.69) is 21.2 Å². The van der Waals surface area contributed by atoms with Crippen LogP contribution in [0.4, 0.5) is 0 Å². The number of nitrogens with one attached hydrogen (secondary N) is 1. The van der Waals surface area contributed by atoms with Crippen LogP contribution in [0.15, 0.2) is 22.7 Å². The van der Waals surface area contributed by atoms with Crippen molar-refractivity contribution in [3.63, 3.8) is 0 Å². The van der Waals surface area contributed by atoms with Crippen molar-refractivity contribution in [2.24, 2.45) is 11.8 Å². The second-order valence-electron chi connectivity index (χ2n) is 6.25.